The van der Waals surface area contributed by atoms with Crippen molar-refractivity contribution in [3.05, 3.63) is 65.7 Å². The van der Waals surface area contributed by atoms with Crippen LogP contribution in [-0.2, 0) is 0 Å². The molecule has 8 heteroatoms. The lowest BCUT2D eigenvalue weighted by atomic mass is 10.1. The number of phenolic OH excluding ortho intramolecular Hbond substituents is 1. The van der Waals surface area contributed by atoms with Gasteiger partial charge in [0.05, 0.1) is 16.9 Å². The minimum atomic E-state index is -0.713. The highest BCUT2D eigenvalue weighted by atomic mass is 19.1. The molecule has 0 spiro atoms. The predicted molar refractivity (Wildman–Crippen MR) is 113 cm³/mol. The molecule has 0 atom stereocenters. The molecule has 4 N–H and O–H groups in total. The average molecular weight is 412 g/mol. The fourth-order valence-electron chi connectivity index (χ4n) is 2.99. The second-order valence-corrected chi connectivity index (χ2v) is 7.11. The van der Waals surface area contributed by atoms with Crippen LogP contribution in [0.2, 0.25) is 0 Å². The number of nitrogens with two attached hydrogens (primary N) is 1. The molecule has 0 aliphatic heterocycles. The number of aromatic nitrogens is 1. The van der Waals surface area contributed by atoms with E-state index in [9.17, 15) is 18.7 Å². The minimum absolute atomic E-state index is 0.0217. The maximum atomic E-state index is 14.2. The molecule has 0 unspecified atom stereocenters. The van der Waals surface area contributed by atoms with E-state index in [0.29, 0.717) is 16.9 Å². The van der Waals surface area contributed by atoms with E-state index in [1.807, 2.05) is 13.8 Å². The Hall–Kier alpha value is -3.68. The summed E-state index contributed by atoms with van der Waals surface area (Å²) in [5.41, 5.74) is 7.59. The Morgan fingerprint density at radius 3 is 2.50 bits per heavy atom. The second kappa shape index (κ2) is 8.36. The van der Waals surface area contributed by atoms with E-state index in [4.69, 9.17) is 5.73 Å². The first kappa shape index (κ1) is 21.0. The summed E-state index contributed by atoms with van der Waals surface area (Å²) in [7, 11) is 1.62. The number of rotatable bonds is 5. The summed E-state index contributed by atoms with van der Waals surface area (Å²) in [6, 6.07) is 11.0. The smallest absolute Gasteiger partial charge is 0.255 e. The lowest BCUT2D eigenvalue weighted by Gasteiger charge is -2.21. The van der Waals surface area contributed by atoms with Crippen LogP contribution >= 0.6 is 0 Å². The van der Waals surface area contributed by atoms with Crippen molar-refractivity contribution in [3.8, 4) is 17.0 Å². The fraction of sp³-hybridized carbons (Fsp3) is 0.182. The van der Waals surface area contributed by atoms with Gasteiger partial charge in [-0.15, -0.1) is 0 Å². The third-order valence-corrected chi connectivity index (χ3v) is 4.50. The molecule has 0 saturated heterocycles. The summed E-state index contributed by atoms with van der Waals surface area (Å²) >= 11 is 0. The Morgan fingerprint density at radius 2 is 1.87 bits per heavy atom. The summed E-state index contributed by atoms with van der Waals surface area (Å²) in [5.74, 6) is -1.76. The van der Waals surface area contributed by atoms with E-state index in [0.717, 1.165) is 6.07 Å². The Kier molecular flexibility index (Phi) is 5.86. The maximum Gasteiger partial charge on any atom is 0.255 e. The number of nitrogen functional groups attached to an aromatic ring is 1. The lowest BCUT2D eigenvalue weighted by Crippen LogP contribution is -2.30. The highest BCUT2D eigenvalue weighted by molar-refractivity contribution is 5.99. The molecule has 156 valence electrons. The maximum absolute atomic E-state index is 14.2. The van der Waals surface area contributed by atoms with Crippen molar-refractivity contribution in [2.45, 2.75) is 19.9 Å². The highest BCUT2D eigenvalue weighted by Gasteiger charge is 2.17. The Morgan fingerprint density at radius 1 is 1.13 bits per heavy atom. The number of nitrogens with one attached hydrogen (secondary N) is 1. The van der Waals surface area contributed by atoms with Gasteiger partial charge in [-0.1, -0.05) is 0 Å². The Balaban J connectivity index is 1.97. The van der Waals surface area contributed by atoms with Crippen molar-refractivity contribution in [1.82, 2.24) is 10.3 Å². The van der Waals surface area contributed by atoms with Crippen molar-refractivity contribution in [2.75, 3.05) is 17.7 Å². The molecule has 0 saturated carbocycles. The molecule has 1 aromatic heterocycles. The number of pyridine rings is 1. The summed E-state index contributed by atoms with van der Waals surface area (Å²) in [6.07, 6.45) is 0. The van der Waals surface area contributed by atoms with E-state index >= 15 is 0 Å². The van der Waals surface area contributed by atoms with Gasteiger partial charge in [-0.05, 0) is 56.3 Å². The number of amides is 1. The van der Waals surface area contributed by atoms with Crippen molar-refractivity contribution in [1.29, 1.82) is 0 Å². The number of phenols is 1. The quantitative estimate of drug-likeness (QED) is 0.584. The van der Waals surface area contributed by atoms with Crippen molar-refractivity contribution < 1.29 is 18.7 Å². The van der Waals surface area contributed by atoms with Gasteiger partial charge in [0.15, 0.2) is 0 Å². The third-order valence-electron chi connectivity index (χ3n) is 4.50. The molecule has 0 aliphatic carbocycles. The number of hydrogen-bond donors (Lipinski definition) is 3. The van der Waals surface area contributed by atoms with Gasteiger partial charge >= 0.3 is 0 Å². The summed E-state index contributed by atoms with van der Waals surface area (Å²) in [5, 5.41) is 13.1. The van der Waals surface area contributed by atoms with Crippen LogP contribution in [0.5, 0.6) is 5.75 Å². The van der Waals surface area contributed by atoms with Crippen LogP contribution in [0.15, 0.2) is 48.5 Å². The van der Waals surface area contributed by atoms with E-state index < -0.39 is 11.6 Å². The van der Waals surface area contributed by atoms with Gasteiger partial charge in [-0.2, -0.15) is 0 Å². The average Bonchev–Trinajstić information content (AvgIpc) is 2.67. The number of aromatic hydroxyl groups is 1. The van der Waals surface area contributed by atoms with Crippen LogP contribution in [-0.4, -0.2) is 29.1 Å². The number of halogens is 2. The van der Waals surface area contributed by atoms with Gasteiger partial charge in [0, 0.05) is 30.4 Å². The first-order valence-corrected chi connectivity index (χ1v) is 9.27. The SMILES string of the molecule is CC(C)NC(=O)c1ccc(-c2cc(N(C)c3ccc(F)cc3F)ccc2O)nc1N. The topological polar surface area (TPSA) is 91.5 Å². The summed E-state index contributed by atoms with van der Waals surface area (Å²) in [4.78, 5) is 18.0. The van der Waals surface area contributed by atoms with Crippen LogP contribution in [0.3, 0.4) is 0 Å². The van der Waals surface area contributed by atoms with E-state index in [2.05, 4.69) is 10.3 Å². The largest absolute Gasteiger partial charge is 0.507 e. The van der Waals surface area contributed by atoms with Gasteiger partial charge in [0.25, 0.3) is 5.91 Å². The van der Waals surface area contributed by atoms with Gasteiger partial charge in [0.1, 0.15) is 23.2 Å². The standard InChI is InChI=1S/C22H22F2N4O2/c1-12(2)26-22(30)15-6-7-18(27-21(15)25)16-11-14(5-9-20(16)29)28(3)19-8-4-13(23)10-17(19)24/h4-12,29H,1-3H3,(H2,25,27)(H,26,30). The number of nitrogens with zero attached hydrogens (tertiary/aromatic N) is 2. The van der Waals surface area contributed by atoms with Gasteiger partial charge in [-0.25, -0.2) is 13.8 Å². The first-order chi connectivity index (χ1) is 14.2. The van der Waals surface area contributed by atoms with Crippen molar-refractivity contribution >= 4 is 23.1 Å². The van der Waals surface area contributed by atoms with Gasteiger partial charge in [-0.3, -0.25) is 4.79 Å². The number of anilines is 3. The number of carbonyl (C=O) groups is 1. The fourth-order valence-corrected chi connectivity index (χ4v) is 2.99. The first-order valence-electron chi connectivity index (χ1n) is 9.27. The van der Waals surface area contributed by atoms with Crippen molar-refractivity contribution in [3.63, 3.8) is 0 Å². The van der Waals surface area contributed by atoms with Gasteiger partial charge < -0.3 is 21.1 Å². The zero-order chi connectivity index (χ0) is 22.0. The molecule has 3 rings (SSSR count). The molecular weight excluding hydrogens is 390 g/mol. The molecule has 6 nitrogen and oxygen atoms in total. The van der Waals surface area contributed by atoms with E-state index in [1.54, 1.807) is 25.2 Å². The number of carbonyl (C=O) groups excluding carboxylic acids is 1. The molecular formula is C22H22F2N4O2. The second-order valence-electron chi connectivity index (χ2n) is 7.11. The minimum Gasteiger partial charge on any atom is -0.507 e. The molecule has 2 aromatic carbocycles. The summed E-state index contributed by atoms with van der Waals surface area (Å²) in [6.45, 7) is 3.67. The predicted octanol–water partition coefficient (Wildman–Crippen LogP) is 4.22. The van der Waals surface area contributed by atoms with Crippen LogP contribution in [0.4, 0.5) is 26.0 Å². The monoisotopic (exact) mass is 412 g/mol. The molecule has 0 fully saturated rings. The molecule has 0 aliphatic rings. The number of benzene rings is 2. The normalized spacial score (nSPS) is 10.9. The molecule has 30 heavy (non-hydrogen) atoms. The number of hydrogen-bond acceptors (Lipinski definition) is 5. The van der Waals surface area contributed by atoms with Crippen LogP contribution in [0.25, 0.3) is 11.3 Å². The lowest BCUT2D eigenvalue weighted by molar-refractivity contribution is 0.0943. The Bertz CT molecular complexity index is 1100. The van der Waals surface area contributed by atoms with Crippen LogP contribution in [0.1, 0.15) is 24.2 Å². The molecule has 0 radical (unpaired) electrons. The van der Waals surface area contributed by atoms with Crippen LogP contribution in [0, 0.1) is 11.6 Å². The van der Waals surface area contributed by atoms with Crippen molar-refractivity contribution in [2.24, 2.45) is 0 Å². The van der Waals surface area contributed by atoms with E-state index in [1.165, 1.54) is 29.2 Å². The summed E-state index contributed by atoms with van der Waals surface area (Å²) < 4.78 is 27.4. The molecule has 3 aromatic rings. The Labute approximate surface area is 173 Å². The molecule has 0 bridgehead atoms. The zero-order valence-corrected chi connectivity index (χ0v) is 16.8. The zero-order valence-electron chi connectivity index (χ0n) is 16.8. The van der Waals surface area contributed by atoms with Gasteiger partial charge in [0.2, 0.25) is 0 Å². The van der Waals surface area contributed by atoms with E-state index in [-0.39, 0.29) is 34.8 Å². The third kappa shape index (κ3) is 4.32. The molecule has 1 amide bonds. The van der Waals surface area contributed by atoms with Crippen LogP contribution < -0.4 is 16.0 Å². The molecule has 1 heterocycles. The highest BCUT2D eigenvalue weighted by Crippen LogP contribution is 2.35.